The zero-order valence-electron chi connectivity index (χ0n) is 9.07. The molecular weight excluding hydrogens is 144 g/mol. The van der Waals surface area contributed by atoms with Gasteiger partial charge in [-0.15, -0.1) is 0 Å². The number of rotatable bonds is 3. The third-order valence-electron chi connectivity index (χ3n) is 2.52. The Labute approximate surface area is 79.8 Å². The van der Waals surface area contributed by atoms with E-state index in [2.05, 4.69) is 41.5 Å². The summed E-state index contributed by atoms with van der Waals surface area (Å²) in [5.74, 6) is 1.71. The van der Waals surface area contributed by atoms with Gasteiger partial charge in [0.05, 0.1) is 0 Å². The molecule has 0 amide bonds. The molecule has 0 N–H and O–H groups in total. The van der Waals surface area contributed by atoms with Gasteiger partial charge < -0.3 is 0 Å². The molecule has 0 saturated heterocycles. The SMILES string of the molecule is C.CCC[C@H](C(C)C)C(C)(C)C. The van der Waals surface area contributed by atoms with Crippen LogP contribution >= 0.6 is 0 Å². The predicted octanol–water partition coefficient (Wildman–Crippen LogP) is 4.74. The largest absolute Gasteiger partial charge is 0.0776 e. The summed E-state index contributed by atoms with van der Waals surface area (Å²) in [4.78, 5) is 0. The van der Waals surface area contributed by atoms with Gasteiger partial charge in [-0.1, -0.05) is 55.4 Å². The first-order valence-electron chi connectivity index (χ1n) is 4.89. The molecule has 0 heteroatoms. The summed E-state index contributed by atoms with van der Waals surface area (Å²) in [6.45, 7) is 14.0. The Hall–Kier alpha value is 0. The Morgan fingerprint density at radius 2 is 1.50 bits per heavy atom. The van der Waals surface area contributed by atoms with Crippen molar-refractivity contribution in [2.75, 3.05) is 0 Å². The fourth-order valence-corrected chi connectivity index (χ4v) is 2.08. The molecule has 12 heavy (non-hydrogen) atoms. The molecule has 0 spiro atoms. The molecule has 76 valence electrons. The van der Waals surface area contributed by atoms with Gasteiger partial charge in [0.2, 0.25) is 0 Å². The monoisotopic (exact) mass is 172 g/mol. The van der Waals surface area contributed by atoms with E-state index in [1.807, 2.05) is 0 Å². The maximum Gasteiger partial charge on any atom is -0.0342 e. The van der Waals surface area contributed by atoms with E-state index in [4.69, 9.17) is 0 Å². The summed E-state index contributed by atoms with van der Waals surface area (Å²) >= 11 is 0. The number of hydrogen-bond acceptors (Lipinski definition) is 0. The summed E-state index contributed by atoms with van der Waals surface area (Å²) in [6, 6.07) is 0. The molecule has 0 aliphatic rings. The highest BCUT2D eigenvalue weighted by Crippen LogP contribution is 2.35. The molecule has 0 aromatic carbocycles. The fraction of sp³-hybridized carbons (Fsp3) is 1.00. The van der Waals surface area contributed by atoms with Crippen LogP contribution in [-0.4, -0.2) is 0 Å². The summed E-state index contributed by atoms with van der Waals surface area (Å²) in [5, 5.41) is 0. The first-order chi connectivity index (χ1) is 4.89. The minimum atomic E-state index is 0. The van der Waals surface area contributed by atoms with E-state index >= 15 is 0 Å². The highest BCUT2D eigenvalue weighted by atomic mass is 14.3. The molecule has 0 heterocycles. The Kier molecular flexibility index (Phi) is 6.79. The van der Waals surface area contributed by atoms with Gasteiger partial charge in [0, 0.05) is 0 Å². The van der Waals surface area contributed by atoms with Crippen molar-refractivity contribution in [3.63, 3.8) is 0 Å². The average Bonchev–Trinajstić information content (AvgIpc) is 1.79. The van der Waals surface area contributed by atoms with Gasteiger partial charge in [-0.05, 0) is 23.7 Å². The van der Waals surface area contributed by atoms with Crippen LogP contribution in [0.1, 0.15) is 61.8 Å². The minimum Gasteiger partial charge on any atom is -0.0776 e. The van der Waals surface area contributed by atoms with Crippen molar-refractivity contribution in [3.8, 4) is 0 Å². The third-order valence-corrected chi connectivity index (χ3v) is 2.52. The molecule has 0 aromatic heterocycles. The van der Waals surface area contributed by atoms with Crippen LogP contribution in [0.15, 0.2) is 0 Å². The minimum absolute atomic E-state index is 0. The second-order valence-electron chi connectivity index (χ2n) is 5.01. The molecule has 0 aliphatic carbocycles. The second kappa shape index (κ2) is 5.61. The lowest BCUT2D eigenvalue weighted by atomic mass is 9.72. The maximum atomic E-state index is 2.35. The van der Waals surface area contributed by atoms with E-state index in [0.717, 1.165) is 11.8 Å². The molecular formula is C12H28. The third kappa shape index (κ3) is 4.79. The summed E-state index contributed by atoms with van der Waals surface area (Å²) in [5.41, 5.74) is 0.490. The van der Waals surface area contributed by atoms with Gasteiger partial charge in [-0.25, -0.2) is 0 Å². The van der Waals surface area contributed by atoms with Gasteiger partial charge in [0.1, 0.15) is 0 Å². The Morgan fingerprint density at radius 1 is 1.08 bits per heavy atom. The van der Waals surface area contributed by atoms with Crippen LogP contribution in [0.5, 0.6) is 0 Å². The molecule has 0 aliphatic heterocycles. The molecule has 0 rings (SSSR count). The van der Waals surface area contributed by atoms with Crippen LogP contribution < -0.4 is 0 Å². The fourth-order valence-electron chi connectivity index (χ4n) is 2.08. The first-order valence-corrected chi connectivity index (χ1v) is 4.89. The van der Waals surface area contributed by atoms with Crippen LogP contribution in [0.3, 0.4) is 0 Å². The summed E-state index contributed by atoms with van der Waals surface area (Å²) < 4.78 is 0. The van der Waals surface area contributed by atoms with Gasteiger partial charge >= 0.3 is 0 Å². The Bertz CT molecular complexity index is 95.1. The predicted molar refractivity (Wildman–Crippen MR) is 59.4 cm³/mol. The lowest BCUT2D eigenvalue weighted by molar-refractivity contribution is 0.165. The van der Waals surface area contributed by atoms with E-state index < -0.39 is 0 Å². The highest BCUT2D eigenvalue weighted by molar-refractivity contribution is 4.75. The van der Waals surface area contributed by atoms with Crippen LogP contribution in [0, 0.1) is 17.3 Å². The van der Waals surface area contributed by atoms with Crippen LogP contribution in [0.4, 0.5) is 0 Å². The lowest BCUT2D eigenvalue weighted by Crippen LogP contribution is -2.25. The Morgan fingerprint density at radius 3 is 1.58 bits per heavy atom. The molecule has 0 saturated carbocycles. The molecule has 0 nitrogen and oxygen atoms in total. The van der Waals surface area contributed by atoms with Crippen molar-refractivity contribution in [1.29, 1.82) is 0 Å². The van der Waals surface area contributed by atoms with Crippen molar-refractivity contribution in [2.45, 2.75) is 61.8 Å². The zero-order chi connectivity index (χ0) is 9.07. The van der Waals surface area contributed by atoms with Crippen molar-refractivity contribution in [1.82, 2.24) is 0 Å². The summed E-state index contributed by atoms with van der Waals surface area (Å²) in [6.07, 6.45) is 2.70. The van der Waals surface area contributed by atoms with Crippen molar-refractivity contribution < 1.29 is 0 Å². The molecule has 0 unspecified atom stereocenters. The quantitative estimate of drug-likeness (QED) is 0.577. The maximum absolute atomic E-state index is 2.35. The average molecular weight is 172 g/mol. The van der Waals surface area contributed by atoms with Gasteiger partial charge in [-0.2, -0.15) is 0 Å². The van der Waals surface area contributed by atoms with Crippen LogP contribution in [0.25, 0.3) is 0 Å². The van der Waals surface area contributed by atoms with E-state index in [1.54, 1.807) is 0 Å². The topological polar surface area (TPSA) is 0 Å². The second-order valence-corrected chi connectivity index (χ2v) is 5.01. The first kappa shape index (κ1) is 14.5. The Balaban J connectivity index is 0. The molecule has 0 fully saturated rings. The molecule has 0 bridgehead atoms. The van der Waals surface area contributed by atoms with Gasteiger partial charge in [0.15, 0.2) is 0 Å². The van der Waals surface area contributed by atoms with Crippen molar-refractivity contribution in [2.24, 2.45) is 17.3 Å². The standard InChI is InChI=1S/C11H24.CH4/c1-7-8-10(9(2)3)11(4,5)6;/h9-10H,7-8H2,1-6H3;1H4/t10-;/m1./s1. The van der Waals surface area contributed by atoms with Crippen molar-refractivity contribution in [3.05, 3.63) is 0 Å². The van der Waals surface area contributed by atoms with Crippen molar-refractivity contribution >= 4 is 0 Å². The van der Waals surface area contributed by atoms with Gasteiger partial charge in [0.25, 0.3) is 0 Å². The zero-order valence-corrected chi connectivity index (χ0v) is 9.07. The molecule has 1 atom stereocenters. The van der Waals surface area contributed by atoms with E-state index in [1.165, 1.54) is 12.8 Å². The summed E-state index contributed by atoms with van der Waals surface area (Å²) in [7, 11) is 0. The van der Waals surface area contributed by atoms with E-state index in [0.29, 0.717) is 5.41 Å². The smallest absolute Gasteiger partial charge is 0.0342 e. The van der Waals surface area contributed by atoms with Gasteiger partial charge in [-0.3, -0.25) is 0 Å². The molecule has 0 aromatic rings. The van der Waals surface area contributed by atoms with E-state index in [-0.39, 0.29) is 7.43 Å². The lowest BCUT2D eigenvalue weighted by Gasteiger charge is -2.33. The molecule has 0 radical (unpaired) electrons. The van der Waals surface area contributed by atoms with Crippen LogP contribution in [-0.2, 0) is 0 Å². The highest BCUT2D eigenvalue weighted by Gasteiger charge is 2.25. The number of hydrogen-bond donors (Lipinski definition) is 0. The normalized spacial score (nSPS) is 14.2. The van der Waals surface area contributed by atoms with E-state index in [9.17, 15) is 0 Å². The van der Waals surface area contributed by atoms with Crippen LogP contribution in [0.2, 0.25) is 0 Å².